The van der Waals surface area contributed by atoms with Gasteiger partial charge in [-0.15, -0.1) is 0 Å². The van der Waals surface area contributed by atoms with Crippen LogP contribution in [-0.4, -0.2) is 61.1 Å². The lowest BCUT2D eigenvalue weighted by Crippen LogP contribution is -2.48. The maximum absolute atomic E-state index is 12.8. The summed E-state index contributed by atoms with van der Waals surface area (Å²) in [5.74, 6) is -1.000. The first kappa shape index (κ1) is 20.7. The number of carbonyl (C=O) groups excluding carboxylic acids is 3. The normalized spacial score (nSPS) is 17.5. The zero-order chi connectivity index (χ0) is 20.0. The quantitative estimate of drug-likeness (QED) is 0.712. The van der Waals surface area contributed by atoms with Gasteiger partial charge in [0.2, 0.25) is 5.91 Å². The summed E-state index contributed by atoms with van der Waals surface area (Å²) in [5.41, 5.74) is 0.912. The van der Waals surface area contributed by atoms with Gasteiger partial charge in [-0.2, -0.15) is 0 Å². The maximum atomic E-state index is 12.8. The molecule has 1 aromatic rings. The molecule has 7 heteroatoms. The highest BCUT2D eigenvalue weighted by Gasteiger charge is 2.38. The molecule has 0 aliphatic carbocycles. The molecule has 1 heterocycles. The summed E-state index contributed by atoms with van der Waals surface area (Å²) >= 11 is 0. The van der Waals surface area contributed by atoms with E-state index in [1.807, 2.05) is 44.2 Å². The summed E-state index contributed by atoms with van der Waals surface area (Å²) in [6.45, 7) is 4.69. The van der Waals surface area contributed by atoms with Crippen molar-refractivity contribution in [3.63, 3.8) is 0 Å². The third-order valence-corrected chi connectivity index (χ3v) is 4.84. The molecule has 0 saturated carbocycles. The number of nitrogens with zero attached hydrogens (tertiary/aromatic N) is 2. The van der Waals surface area contributed by atoms with Crippen molar-refractivity contribution < 1.29 is 23.9 Å². The summed E-state index contributed by atoms with van der Waals surface area (Å²) in [7, 11) is 2.93. The first-order valence-electron chi connectivity index (χ1n) is 9.15. The van der Waals surface area contributed by atoms with E-state index in [9.17, 15) is 14.4 Å². The second-order valence-electron chi connectivity index (χ2n) is 7.13. The molecule has 2 amide bonds. The molecular weight excluding hydrogens is 348 g/mol. The van der Waals surface area contributed by atoms with Gasteiger partial charge >= 0.3 is 12.1 Å². The zero-order valence-corrected chi connectivity index (χ0v) is 16.4. The zero-order valence-electron chi connectivity index (χ0n) is 16.4. The van der Waals surface area contributed by atoms with Gasteiger partial charge in [0, 0.05) is 20.1 Å². The number of benzene rings is 1. The van der Waals surface area contributed by atoms with Crippen LogP contribution in [0.1, 0.15) is 25.8 Å². The van der Waals surface area contributed by atoms with Gasteiger partial charge in [0.1, 0.15) is 12.6 Å². The number of hydrogen-bond acceptors (Lipinski definition) is 5. The van der Waals surface area contributed by atoms with E-state index in [2.05, 4.69) is 0 Å². The van der Waals surface area contributed by atoms with Gasteiger partial charge in [-0.05, 0) is 17.9 Å². The van der Waals surface area contributed by atoms with Crippen molar-refractivity contribution in [1.82, 2.24) is 9.80 Å². The Balaban J connectivity index is 1.91. The van der Waals surface area contributed by atoms with Crippen molar-refractivity contribution in [2.75, 3.05) is 27.2 Å². The highest BCUT2D eigenvalue weighted by atomic mass is 16.6. The van der Waals surface area contributed by atoms with E-state index in [1.165, 1.54) is 12.0 Å². The van der Waals surface area contributed by atoms with Crippen molar-refractivity contribution in [3.05, 3.63) is 35.9 Å². The third kappa shape index (κ3) is 5.21. The Morgan fingerprint density at radius 3 is 2.48 bits per heavy atom. The fraction of sp³-hybridized carbons (Fsp3) is 0.550. The van der Waals surface area contributed by atoms with Crippen LogP contribution in [0.5, 0.6) is 0 Å². The minimum atomic E-state index is -0.637. The Kier molecular flexibility index (Phi) is 7.21. The number of hydrogen-bond donors (Lipinski definition) is 0. The van der Waals surface area contributed by atoms with Crippen LogP contribution in [0.3, 0.4) is 0 Å². The molecule has 148 valence electrons. The molecule has 7 nitrogen and oxygen atoms in total. The smallest absolute Gasteiger partial charge is 0.410 e. The van der Waals surface area contributed by atoms with E-state index in [-0.39, 0.29) is 24.3 Å². The number of ether oxygens (including phenoxy) is 2. The van der Waals surface area contributed by atoms with Crippen LogP contribution >= 0.6 is 0 Å². The van der Waals surface area contributed by atoms with Crippen LogP contribution in [-0.2, 0) is 25.7 Å². The lowest BCUT2D eigenvalue weighted by Gasteiger charge is -2.30. The fourth-order valence-corrected chi connectivity index (χ4v) is 3.36. The highest BCUT2D eigenvalue weighted by molar-refractivity contribution is 5.86. The third-order valence-electron chi connectivity index (χ3n) is 4.84. The average molecular weight is 376 g/mol. The average Bonchev–Trinajstić information content (AvgIpc) is 3.16. The minimum Gasteiger partial charge on any atom is -0.467 e. The number of carbonyl (C=O) groups is 3. The Bertz CT molecular complexity index is 662. The first-order chi connectivity index (χ1) is 12.8. The molecule has 0 aromatic heterocycles. The van der Waals surface area contributed by atoms with E-state index in [4.69, 9.17) is 9.47 Å². The number of rotatable bonds is 6. The van der Waals surface area contributed by atoms with Crippen LogP contribution in [0.2, 0.25) is 0 Å². The van der Waals surface area contributed by atoms with E-state index in [0.717, 1.165) is 5.56 Å². The van der Waals surface area contributed by atoms with Crippen molar-refractivity contribution in [3.8, 4) is 0 Å². The van der Waals surface area contributed by atoms with Crippen LogP contribution in [0.15, 0.2) is 30.3 Å². The second kappa shape index (κ2) is 9.39. The van der Waals surface area contributed by atoms with E-state index in [1.54, 1.807) is 11.9 Å². The number of esters is 1. The summed E-state index contributed by atoms with van der Waals surface area (Å²) in [6, 6.07) is 8.81. The van der Waals surface area contributed by atoms with Crippen molar-refractivity contribution in [2.45, 2.75) is 32.9 Å². The van der Waals surface area contributed by atoms with E-state index < -0.39 is 18.1 Å². The monoisotopic (exact) mass is 376 g/mol. The topological polar surface area (TPSA) is 76.2 Å². The molecule has 1 saturated heterocycles. The van der Waals surface area contributed by atoms with Crippen LogP contribution in [0.25, 0.3) is 0 Å². The van der Waals surface area contributed by atoms with Crippen molar-refractivity contribution >= 4 is 18.0 Å². The molecule has 2 unspecified atom stereocenters. The summed E-state index contributed by atoms with van der Waals surface area (Å²) in [4.78, 5) is 40.1. The summed E-state index contributed by atoms with van der Waals surface area (Å²) in [5, 5.41) is 0. The van der Waals surface area contributed by atoms with Crippen molar-refractivity contribution in [1.29, 1.82) is 0 Å². The Labute approximate surface area is 160 Å². The molecule has 0 bridgehead atoms. The molecule has 1 aliphatic heterocycles. The summed E-state index contributed by atoms with van der Waals surface area (Å²) < 4.78 is 10.2. The lowest BCUT2D eigenvalue weighted by atomic mass is 10.00. The maximum Gasteiger partial charge on any atom is 0.410 e. The second-order valence-corrected chi connectivity index (χ2v) is 7.13. The van der Waals surface area contributed by atoms with Crippen LogP contribution in [0.4, 0.5) is 4.79 Å². The largest absolute Gasteiger partial charge is 0.467 e. The molecule has 1 fully saturated rings. The number of amides is 2. The molecule has 1 aromatic carbocycles. The summed E-state index contributed by atoms with van der Waals surface area (Å²) in [6.07, 6.45) is 0.125. The molecule has 27 heavy (non-hydrogen) atoms. The molecule has 1 aliphatic rings. The predicted molar refractivity (Wildman–Crippen MR) is 99.7 cm³/mol. The number of methoxy groups -OCH3 is 1. The molecule has 0 N–H and O–H groups in total. The molecule has 2 atom stereocenters. The SMILES string of the molecule is COC(=O)C(C(C)C)N(C)C(=O)C1CCN(C(=O)OCc2ccccc2)C1. The van der Waals surface area contributed by atoms with Gasteiger partial charge in [0.25, 0.3) is 0 Å². The van der Waals surface area contributed by atoms with Gasteiger partial charge in [-0.3, -0.25) is 4.79 Å². The van der Waals surface area contributed by atoms with E-state index in [0.29, 0.717) is 19.5 Å². The molecule has 0 spiro atoms. The number of likely N-dealkylation sites (tertiary alicyclic amines) is 1. The van der Waals surface area contributed by atoms with Gasteiger partial charge in [-0.25, -0.2) is 9.59 Å². The standard InChI is InChI=1S/C20H28N2O5/c1-14(2)17(19(24)26-4)21(3)18(23)16-10-11-22(12-16)20(25)27-13-15-8-6-5-7-9-15/h5-9,14,16-17H,10-13H2,1-4H3. The van der Waals surface area contributed by atoms with Gasteiger partial charge in [0.15, 0.2) is 0 Å². The van der Waals surface area contributed by atoms with Gasteiger partial charge in [-0.1, -0.05) is 44.2 Å². The Hall–Kier alpha value is -2.57. The first-order valence-corrected chi connectivity index (χ1v) is 9.15. The van der Waals surface area contributed by atoms with Crippen LogP contribution < -0.4 is 0 Å². The highest BCUT2D eigenvalue weighted by Crippen LogP contribution is 2.22. The van der Waals surface area contributed by atoms with E-state index >= 15 is 0 Å². The molecular formula is C20H28N2O5. The lowest BCUT2D eigenvalue weighted by molar-refractivity contribution is -0.155. The predicted octanol–water partition coefficient (Wildman–Crippen LogP) is 2.30. The van der Waals surface area contributed by atoms with Crippen LogP contribution in [0, 0.1) is 11.8 Å². The van der Waals surface area contributed by atoms with Crippen molar-refractivity contribution in [2.24, 2.45) is 11.8 Å². The Morgan fingerprint density at radius 1 is 1.22 bits per heavy atom. The molecule has 2 rings (SSSR count). The fourth-order valence-electron chi connectivity index (χ4n) is 3.36. The molecule has 0 radical (unpaired) electrons. The van der Waals surface area contributed by atoms with Gasteiger partial charge in [0.05, 0.1) is 13.0 Å². The minimum absolute atomic E-state index is 0.0697. The Morgan fingerprint density at radius 2 is 1.89 bits per heavy atom. The number of likely N-dealkylation sites (N-methyl/N-ethyl adjacent to an activating group) is 1. The van der Waals surface area contributed by atoms with Gasteiger partial charge < -0.3 is 19.3 Å².